The van der Waals surface area contributed by atoms with Crippen molar-refractivity contribution in [1.29, 1.82) is 0 Å². The van der Waals surface area contributed by atoms with Crippen molar-refractivity contribution in [3.05, 3.63) is 0 Å². The van der Waals surface area contributed by atoms with Crippen LogP contribution in [0.3, 0.4) is 0 Å². The van der Waals surface area contributed by atoms with Gasteiger partial charge in [0.2, 0.25) is 5.91 Å². The van der Waals surface area contributed by atoms with E-state index in [1.54, 1.807) is 11.8 Å². The van der Waals surface area contributed by atoms with E-state index < -0.39 is 10.8 Å². The predicted molar refractivity (Wildman–Crippen MR) is 72.8 cm³/mol. The molecule has 4 nitrogen and oxygen atoms in total. The topological polar surface area (TPSA) is 49.4 Å². The lowest BCUT2D eigenvalue weighted by Gasteiger charge is -2.27. The molecule has 1 N–H and O–H groups in total. The van der Waals surface area contributed by atoms with Crippen molar-refractivity contribution in [2.24, 2.45) is 0 Å². The fourth-order valence-electron chi connectivity index (χ4n) is 2.13. The van der Waals surface area contributed by atoms with Crippen molar-refractivity contribution < 1.29 is 9.00 Å². The van der Waals surface area contributed by atoms with Crippen LogP contribution in [0, 0.1) is 0 Å². The molecule has 2 heterocycles. The Morgan fingerprint density at radius 1 is 1.29 bits per heavy atom. The summed E-state index contributed by atoms with van der Waals surface area (Å²) in [4.78, 5) is 13.8. The molecule has 2 fully saturated rings. The molecule has 0 unspecified atom stereocenters. The molecule has 0 spiro atoms. The third-order valence-electron chi connectivity index (χ3n) is 3.26. The Morgan fingerprint density at radius 3 is 2.59 bits per heavy atom. The van der Waals surface area contributed by atoms with E-state index in [1.165, 1.54) is 12.8 Å². The molecule has 0 aromatic heterocycles. The van der Waals surface area contributed by atoms with Crippen LogP contribution in [-0.4, -0.2) is 63.7 Å². The molecule has 0 bridgehead atoms. The third-order valence-corrected chi connectivity index (χ3v) is 5.89. The van der Waals surface area contributed by atoms with E-state index in [0.29, 0.717) is 35.6 Å². The minimum Gasteiger partial charge on any atom is -0.340 e. The van der Waals surface area contributed by atoms with Crippen LogP contribution < -0.4 is 5.32 Å². The van der Waals surface area contributed by atoms with Crippen molar-refractivity contribution in [2.45, 2.75) is 18.1 Å². The highest BCUT2D eigenvalue weighted by molar-refractivity contribution is 8.00. The number of carbonyl (C=O) groups is 1. The van der Waals surface area contributed by atoms with Gasteiger partial charge in [0.05, 0.1) is 5.75 Å². The smallest absolute Gasteiger partial charge is 0.232 e. The molecule has 2 aliphatic heterocycles. The van der Waals surface area contributed by atoms with E-state index in [1.807, 2.05) is 4.90 Å². The summed E-state index contributed by atoms with van der Waals surface area (Å²) in [5, 5.41) is 3.97. The van der Waals surface area contributed by atoms with E-state index in [4.69, 9.17) is 0 Å². The number of piperidine rings is 1. The Bertz CT molecular complexity index is 283. The van der Waals surface area contributed by atoms with Crippen molar-refractivity contribution in [3.63, 3.8) is 0 Å². The van der Waals surface area contributed by atoms with Gasteiger partial charge in [0, 0.05) is 40.6 Å². The van der Waals surface area contributed by atoms with E-state index in [9.17, 15) is 9.00 Å². The zero-order valence-corrected chi connectivity index (χ0v) is 11.7. The first kappa shape index (κ1) is 13.4. The number of amides is 1. The molecule has 2 aliphatic rings. The van der Waals surface area contributed by atoms with E-state index >= 15 is 0 Å². The summed E-state index contributed by atoms with van der Waals surface area (Å²) in [7, 11) is -0.695. The highest BCUT2D eigenvalue weighted by Gasteiger charge is 2.21. The van der Waals surface area contributed by atoms with Gasteiger partial charge in [-0.05, 0) is 25.9 Å². The summed E-state index contributed by atoms with van der Waals surface area (Å²) >= 11 is 1.79. The molecule has 0 aromatic carbocycles. The van der Waals surface area contributed by atoms with Crippen LogP contribution >= 0.6 is 11.8 Å². The third kappa shape index (κ3) is 4.26. The first-order valence-corrected chi connectivity index (χ1v) is 8.74. The number of hydrogen-bond donors (Lipinski definition) is 1. The monoisotopic (exact) mass is 276 g/mol. The van der Waals surface area contributed by atoms with E-state index in [-0.39, 0.29) is 5.91 Å². The van der Waals surface area contributed by atoms with Crippen LogP contribution in [0.4, 0.5) is 0 Å². The lowest BCUT2D eigenvalue weighted by atomic mass is 10.2. The van der Waals surface area contributed by atoms with E-state index in [0.717, 1.165) is 13.1 Å². The maximum Gasteiger partial charge on any atom is 0.232 e. The summed E-state index contributed by atoms with van der Waals surface area (Å²) in [6.45, 7) is 3.51. The van der Waals surface area contributed by atoms with Gasteiger partial charge in [-0.2, -0.15) is 0 Å². The van der Waals surface area contributed by atoms with Crippen LogP contribution in [0.25, 0.3) is 0 Å². The summed E-state index contributed by atoms with van der Waals surface area (Å²) in [5.41, 5.74) is 0. The Kier molecular flexibility index (Phi) is 5.31. The van der Waals surface area contributed by atoms with Crippen molar-refractivity contribution >= 4 is 28.5 Å². The Labute approximate surface area is 109 Å². The molecule has 0 aliphatic carbocycles. The van der Waals surface area contributed by atoms with Gasteiger partial charge < -0.3 is 10.2 Å². The zero-order chi connectivity index (χ0) is 12.1. The van der Waals surface area contributed by atoms with Gasteiger partial charge in [0.1, 0.15) is 0 Å². The molecule has 2 rings (SSSR count). The molecule has 0 atom stereocenters. The van der Waals surface area contributed by atoms with Crippen LogP contribution in [0.5, 0.6) is 0 Å². The molecule has 98 valence electrons. The lowest BCUT2D eigenvalue weighted by molar-refractivity contribution is -0.128. The molecule has 2 saturated heterocycles. The lowest BCUT2D eigenvalue weighted by Crippen LogP contribution is -2.43. The molecule has 0 saturated carbocycles. The predicted octanol–water partition coefficient (Wildman–Crippen LogP) is 0.0625. The highest BCUT2D eigenvalue weighted by atomic mass is 32.2. The average Bonchev–Trinajstić information content (AvgIpc) is 2.38. The van der Waals surface area contributed by atoms with Gasteiger partial charge in [-0.15, -0.1) is 11.8 Å². The van der Waals surface area contributed by atoms with Gasteiger partial charge in [0.15, 0.2) is 0 Å². The SMILES string of the molecule is O=C(CSC1CCNCC1)N1CCS(=O)CC1. The van der Waals surface area contributed by atoms with Gasteiger partial charge >= 0.3 is 0 Å². The van der Waals surface area contributed by atoms with Gasteiger partial charge in [-0.1, -0.05) is 0 Å². The summed E-state index contributed by atoms with van der Waals surface area (Å²) in [6.07, 6.45) is 2.34. The molecule has 17 heavy (non-hydrogen) atoms. The molecule has 6 heteroatoms. The largest absolute Gasteiger partial charge is 0.340 e. The summed E-state index contributed by atoms with van der Waals surface area (Å²) < 4.78 is 11.2. The first-order chi connectivity index (χ1) is 8.25. The quantitative estimate of drug-likeness (QED) is 0.792. The number of thioether (sulfide) groups is 1. The second kappa shape index (κ2) is 6.75. The maximum absolute atomic E-state index is 11.9. The highest BCUT2D eigenvalue weighted by Crippen LogP contribution is 2.20. The first-order valence-electron chi connectivity index (χ1n) is 6.21. The second-order valence-electron chi connectivity index (χ2n) is 4.49. The van der Waals surface area contributed by atoms with Gasteiger partial charge in [0.25, 0.3) is 0 Å². The molecular formula is C11H20N2O2S2. The number of carbonyl (C=O) groups excluding carboxylic acids is 1. The van der Waals surface area contributed by atoms with Crippen molar-refractivity contribution in [1.82, 2.24) is 10.2 Å². The van der Waals surface area contributed by atoms with Gasteiger partial charge in [-0.3, -0.25) is 9.00 Å². The van der Waals surface area contributed by atoms with Crippen LogP contribution in [0.15, 0.2) is 0 Å². The number of nitrogens with zero attached hydrogens (tertiary/aromatic N) is 1. The van der Waals surface area contributed by atoms with Crippen LogP contribution in [0.2, 0.25) is 0 Å². The summed E-state index contributed by atoms with van der Waals surface area (Å²) in [6, 6.07) is 0. The van der Waals surface area contributed by atoms with Crippen LogP contribution in [0.1, 0.15) is 12.8 Å². The van der Waals surface area contributed by atoms with Crippen molar-refractivity contribution in [2.75, 3.05) is 43.4 Å². The standard InChI is InChI=1S/C11H20N2O2S2/c14-11(13-5-7-17(15)8-6-13)9-16-10-1-3-12-4-2-10/h10,12H,1-9H2. The maximum atomic E-state index is 11.9. The Balaban J connectivity index is 1.67. The van der Waals surface area contributed by atoms with E-state index in [2.05, 4.69) is 5.32 Å². The number of nitrogens with one attached hydrogen (secondary N) is 1. The Morgan fingerprint density at radius 2 is 1.94 bits per heavy atom. The minimum atomic E-state index is -0.695. The summed E-state index contributed by atoms with van der Waals surface area (Å²) in [5.74, 6) is 2.13. The van der Waals surface area contributed by atoms with Crippen molar-refractivity contribution in [3.8, 4) is 0 Å². The molecule has 0 radical (unpaired) electrons. The second-order valence-corrected chi connectivity index (χ2v) is 7.47. The zero-order valence-electron chi connectivity index (χ0n) is 10.0. The molecular weight excluding hydrogens is 256 g/mol. The molecule has 0 aromatic rings. The average molecular weight is 276 g/mol. The number of rotatable bonds is 3. The minimum absolute atomic E-state index is 0.227. The van der Waals surface area contributed by atoms with Crippen LogP contribution in [-0.2, 0) is 15.6 Å². The molecule has 1 amide bonds. The fraction of sp³-hybridized carbons (Fsp3) is 0.909. The fourth-order valence-corrected chi connectivity index (χ4v) is 4.31. The van der Waals surface area contributed by atoms with Gasteiger partial charge in [-0.25, -0.2) is 0 Å². The normalized spacial score (nSPS) is 23.9. The Hall–Kier alpha value is -0.0700. The number of hydrogen-bond acceptors (Lipinski definition) is 4.